The van der Waals surface area contributed by atoms with E-state index in [-0.39, 0.29) is 10.9 Å². The summed E-state index contributed by atoms with van der Waals surface area (Å²) in [5, 5.41) is 6.85. The number of rotatable bonds is 9. The first-order chi connectivity index (χ1) is 19.0. The predicted octanol–water partition coefficient (Wildman–Crippen LogP) is 5.95. The molecule has 2 heterocycles. The first-order valence-electron chi connectivity index (χ1n) is 13.5. The number of ether oxygens (including phenoxy) is 2. The molecule has 1 aromatic heterocycles. The van der Waals surface area contributed by atoms with Crippen molar-refractivity contribution in [1.29, 1.82) is 0 Å². The highest BCUT2D eigenvalue weighted by Gasteiger charge is 2.18. The van der Waals surface area contributed by atoms with E-state index in [4.69, 9.17) is 21.1 Å². The van der Waals surface area contributed by atoms with Gasteiger partial charge < -0.3 is 20.1 Å². The molecule has 2 aliphatic rings. The number of nitrogens with one attached hydrogen (secondary N) is 2. The molecule has 2 N–H and O–H groups in total. The van der Waals surface area contributed by atoms with Crippen LogP contribution >= 0.6 is 11.6 Å². The van der Waals surface area contributed by atoms with Crippen LogP contribution in [0, 0.1) is 11.7 Å². The fourth-order valence-electron chi connectivity index (χ4n) is 4.96. The van der Waals surface area contributed by atoms with E-state index in [1.807, 2.05) is 18.2 Å². The summed E-state index contributed by atoms with van der Waals surface area (Å²) >= 11 is 5.96. The van der Waals surface area contributed by atoms with Gasteiger partial charge in [0.1, 0.15) is 23.7 Å². The number of hydrogen-bond donors (Lipinski definition) is 2. The number of halogens is 2. The second-order valence-electron chi connectivity index (χ2n) is 9.96. The zero-order valence-electron chi connectivity index (χ0n) is 21.8. The van der Waals surface area contributed by atoms with E-state index in [0.717, 1.165) is 39.0 Å². The maximum Gasteiger partial charge on any atom is 0.248 e. The second kappa shape index (κ2) is 13.2. The van der Waals surface area contributed by atoms with Crippen LogP contribution in [0.5, 0.6) is 5.75 Å². The molecule has 5 rings (SSSR count). The quantitative estimate of drug-likeness (QED) is 0.316. The topological polar surface area (TPSA) is 88.6 Å². The molecule has 2 fully saturated rings. The smallest absolute Gasteiger partial charge is 0.248 e. The Bertz CT molecular complexity index is 1320. The number of aromatic nitrogens is 2. The molecule has 0 radical (unpaired) electrons. The fraction of sp³-hybridized carbons (Fsp3) is 0.414. The van der Waals surface area contributed by atoms with Gasteiger partial charge in [-0.2, -0.15) is 0 Å². The summed E-state index contributed by atoms with van der Waals surface area (Å²) in [7, 11) is 0. The summed E-state index contributed by atoms with van der Waals surface area (Å²) in [5.41, 5.74) is 1.77. The maximum atomic E-state index is 13.7. The van der Waals surface area contributed by atoms with Crippen molar-refractivity contribution >= 4 is 45.6 Å². The van der Waals surface area contributed by atoms with Crippen molar-refractivity contribution in [3.05, 3.63) is 59.7 Å². The number of fused-ring (bicyclic) bond motifs is 1. The third-order valence-corrected chi connectivity index (χ3v) is 7.36. The van der Waals surface area contributed by atoms with Gasteiger partial charge in [-0.3, -0.25) is 9.69 Å². The minimum atomic E-state index is -0.499. The molecule has 0 bridgehead atoms. The summed E-state index contributed by atoms with van der Waals surface area (Å²) in [6.07, 6.45) is 10.6. The van der Waals surface area contributed by atoms with Gasteiger partial charge in [0.15, 0.2) is 0 Å². The predicted molar refractivity (Wildman–Crippen MR) is 151 cm³/mol. The molecule has 10 heteroatoms. The average molecular weight is 554 g/mol. The van der Waals surface area contributed by atoms with Crippen LogP contribution in [0.3, 0.4) is 0 Å². The lowest BCUT2D eigenvalue weighted by Crippen LogP contribution is -2.26. The molecule has 1 aliphatic heterocycles. The highest BCUT2D eigenvalue weighted by atomic mass is 35.5. The Labute approximate surface area is 232 Å². The van der Waals surface area contributed by atoms with Gasteiger partial charge in [0.2, 0.25) is 5.91 Å². The summed E-state index contributed by atoms with van der Waals surface area (Å²) in [4.78, 5) is 24.0. The van der Waals surface area contributed by atoms with Gasteiger partial charge in [-0.25, -0.2) is 14.4 Å². The number of carbonyl (C=O) groups is 1. The third kappa shape index (κ3) is 7.44. The largest absolute Gasteiger partial charge is 0.491 e. The Balaban J connectivity index is 1.38. The molecule has 1 aliphatic carbocycles. The van der Waals surface area contributed by atoms with Gasteiger partial charge >= 0.3 is 0 Å². The van der Waals surface area contributed by atoms with E-state index in [1.54, 1.807) is 12.1 Å². The highest BCUT2D eigenvalue weighted by Crippen LogP contribution is 2.35. The van der Waals surface area contributed by atoms with Crippen LogP contribution in [0.2, 0.25) is 5.02 Å². The van der Waals surface area contributed by atoms with Crippen molar-refractivity contribution in [1.82, 2.24) is 14.9 Å². The first-order valence-corrected chi connectivity index (χ1v) is 13.8. The van der Waals surface area contributed by atoms with E-state index in [2.05, 4.69) is 25.5 Å². The Morgan fingerprint density at radius 3 is 2.87 bits per heavy atom. The molecule has 1 saturated heterocycles. The van der Waals surface area contributed by atoms with Crippen LogP contribution in [-0.4, -0.2) is 60.2 Å². The van der Waals surface area contributed by atoms with Gasteiger partial charge in [0.05, 0.1) is 29.4 Å². The van der Waals surface area contributed by atoms with E-state index < -0.39 is 5.82 Å². The van der Waals surface area contributed by atoms with Crippen molar-refractivity contribution in [3.63, 3.8) is 0 Å². The lowest BCUT2D eigenvalue weighted by atomic mass is 10.1. The fourth-order valence-corrected chi connectivity index (χ4v) is 5.14. The van der Waals surface area contributed by atoms with Crippen LogP contribution in [-0.2, 0) is 9.53 Å². The molecule has 39 heavy (non-hydrogen) atoms. The Morgan fingerprint density at radius 1 is 1.15 bits per heavy atom. The van der Waals surface area contributed by atoms with Gasteiger partial charge in [-0.15, -0.1) is 0 Å². The molecule has 1 amide bonds. The van der Waals surface area contributed by atoms with E-state index in [9.17, 15) is 9.18 Å². The maximum absolute atomic E-state index is 13.7. The van der Waals surface area contributed by atoms with Crippen LogP contribution in [0.1, 0.15) is 32.1 Å². The van der Waals surface area contributed by atoms with Gasteiger partial charge in [0, 0.05) is 49.5 Å². The van der Waals surface area contributed by atoms with Gasteiger partial charge in [-0.1, -0.05) is 30.5 Å². The van der Waals surface area contributed by atoms with Gasteiger partial charge in [0.25, 0.3) is 0 Å². The minimum Gasteiger partial charge on any atom is -0.491 e. The van der Waals surface area contributed by atoms with Crippen LogP contribution in [0.4, 0.5) is 21.6 Å². The Hall–Kier alpha value is -3.27. The molecule has 0 spiro atoms. The number of carbonyl (C=O) groups excluding carboxylic acids is 1. The standard InChI is InChI=1S/C29H33ClFN5O3/c30-23-15-21(8-9-24(23)31)34-29-22-16-26(35-28(37)7-3-10-36-11-4-13-38-14-12-36)27(17-25(22)32-19-33-29)39-18-20-5-1-2-6-20/h3,7-9,15-17,19-20H,1-2,4-6,10-14,18H2,(H,35,37)(H,32,33,34). The number of amides is 1. The molecule has 0 atom stereocenters. The average Bonchev–Trinajstić information content (AvgIpc) is 3.32. The second-order valence-corrected chi connectivity index (χ2v) is 10.4. The van der Waals surface area contributed by atoms with Crippen molar-refractivity contribution < 1.29 is 18.7 Å². The minimum absolute atomic E-state index is 0.00778. The normalized spacial score (nSPS) is 17.0. The Kier molecular flexibility index (Phi) is 9.23. The highest BCUT2D eigenvalue weighted by molar-refractivity contribution is 6.31. The summed E-state index contributed by atoms with van der Waals surface area (Å²) < 4.78 is 25.4. The molecule has 2 aromatic carbocycles. The monoisotopic (exact) mass is 553 g/mol. The summed E-state index contributed by atoms with van der Waals surface area (Å²) in [6.45, 7) is 4.56. The molecular weight excluding hydrogens is 521 g/mol. The zero-order chi connectivity index (χ0) is 27.0. The number of benzene rings is 2. The first kappa shape index (κ1) is 27.3. The van der Waals surface area contributed by atoms with Crippen molar-refractivity contribution in [2.24, 2.45) is 5.92 Å². The molecule has 206 valence electrons. The van der Waals surface area contributed by atoms with Crippen molar-refractivity contribution in [2.75, 3.05) is 50.1 Å². The van der Waals surface area contributed by atoms with E-state index in [1.165, 1.54) is 31.3 Å². The van der Waals surface area contributed by atoms with Crippen LogP contribution < -0.4 is 15.4 Å². The SMILES string of the molecule is O=C(C=CCN1CCCOCC1)Nc1cc2c(Nc3ccc(F)c(Cl)c3)ncnc2cc1OCC1CCCC1. The summed E-state index contributed by atoms with van der Waals surface area (Å²) in [6, 6.07) is 8.00. The van der Waals surface area contributed by atoms with E-state index in [0.29, 0.717) is 59.5 Å². The van der Waals surface area contributed by atoms with Crippen LogP contribution in [0.15, 0.2) is 48.8 Å². The molecule has 0 unspecified atom stereocenters. The van der Waals surface area contributed by atoms with Gasteiger partial charge in [-0.05, 0) is 49.4 Å². The molecule has 8 nitrogen and oxygen atoms in total. The lowest BCUT2D eigenvalue weighted by Gasteiger charge is -2.17. The number of hydrogen-bond acceptors (Lipinski definition) is 7. The number of nitrogens with zero attached hydrogens (tertiary/aromatic N) is 3. The number of anilines is 3. The zero-order valence-corrected chi connectivity index (χ0v) is 22.6. The lowest BCUT2D eigenvalue weighted by molar-refractivity contribution is -0.111. The summed E-state index contributed by atoms with van der Waals surface area (Å²) in [5.74, 6) is 0.825. The molecular formula is C29H33ClFN5O3. The van der Waals surface area contributed by atoms with Crippen molar-refractivity contribution in [3.8, 4) is 5.75 Å². The van der Waals surface area contributed by atoms with Crippen molar-refractivity contribution in [2.45, 2.75) is 32.1 Å². The van der Waals surface area contributed by atoms with E-state index >= 15 is 0 Å². The molecule has 3 aromatic rings. The van der Waals surface area contributed by atoms with Crippen LogP contribution in [0.25, 0.3) is 10.9 Å². The Morgan fingerprint density at radius 2 is 2.03 bits per heavy atom. The molecule has 1 saturated carbocycles. The third-order valence-electron chi connectivity index (χ3n) is 7.07.